The van der Waals surface area contributed by atoms with Gasteiger partial charge in [-0.1, -0.05) is 54.1 Å². The van der Waals surface area contributed by atoms with Crippen molar-refractivity contribution < 1.29 is 9.21 Å². The van der Waals surface area contributed by atoms with E-state index in [1.54, 1.807) is 12.1 Å². The molecule has 2 aromatic carbocycles. The first-order chi connectivity index (χ1) is 17.0. The summed E-state index contributed by atoms with van der Waals surface area (Å²) < 4.78 is 5.32. The van der Waals surface area contributed by atoms with Crippen LogP contribution in [0.15, 0.2) is 71.3 Å². The van der Waals surface area contributed by atoms with Gasteiger partial charge in [-0.2, -0.15) is 0 Å². The first kappa shape index (κ1) is 22.8. The van der Waals surface area contributed by atoms with Crippen LogP contribution in [-0.4, -0.2) is 47.0 Å². The van der Waals surface area contributed by atoms with Crippen molar-refractivity contribution in [2.75, 3.05) is 31.1 Å². The van der Waals surface area contributed by atoms with Gasteiger partial charge in [-0.25, -0.2) is 9.97 Å². The second-order valence-corrected chi connectivity index (χ2v) is 9.16. The zero-order chi connectivity index (χ0) is 24.4. The molecule has 0 spiro atoms. The summed E-state index contributed by atoms with van der Waals surface area (Å²) in [6.07, 6.45) is 2.31. The molecule has 1 saturated heterocycles. The van der Waals surface area contributed by atoms with Crippen LogP contribution in [0.4, 0.5) is 5.82 Å². The Balaban J connectivity index is 1.48. The van der Waals surface area contributed by atoms with E-state index in [1.807, 2.05) is 35.2 Å². The lowest BCUT2D eigenvalue weighted by molar-refractivity contribution is 0.0714. The number of aromatic nitrogens is 2. The molecule has 0 bridgehead atoms. The number of rotatable bonds is 5. The Morgan fingerprint density at radius 1 is 0.914 bits per heavy atom. The van der Waals surface area contributed by atoms with E-state index in [1.165, 1.54) is 23.0 Å². The van der Waals surface area contributed by atoms with Gasteiger partial charge in [-0.15, -0.1) is 0 Å². The van der Waals surface area contributed by atoms with Crippen LogP contribution in [0.1, 0.15) is 38.5 Å². The topological polar surface area (TPSA) is 62.5 Å². The lowest BCUT2D eigenvalue weighted by atomic mass is 9.97. The highest BCUT2D eigenvalue weighted by Crippen LogP contribution is 2.29. The first-order valence-electron chi connectivity index (χ1n) is 12.1. The van der Waals surface area contributed by atoms with Crippen LogP contribution in [0, 0.1) is 20.8 Å². The molecular formula is C29H30N4O2. The van der Waals surface area contributed by atoms with E-state index in [4.69, 9.17) is 14.4 Å². The Kier molecular flexibility index (Phi) is 6.36. The minimum absolute atomic E-state index is 0.0610. The summed E-state index contributed by atoms with van der Waals surface area (Å²) in [5.74, 6) is 2.02. The fraction of sp³-hybridized carbons (Fsp3) is 0.276. The molecule has 0 aliphatic carbocycles. The molecule has 2 aromatic heterocycles. The van der Waals surface area contributed by atoms with E-state index >= 15 is 0 Å². The van der Waals surface area contributed by atoms with Crippen molar-refractivity contribution in [1.82, 2.24) is 14.9 Å². The number of hydrogen-bond donors (Lipinski definition) is 0. The predicted molar refractivity (Wildman–Crippen MR) is 138 cm³/mol. The van der Waals surface area contributed by atoms with E-state index in [-0.39, 0.29) is 5.91 Å². The van der Waals surface area contributed by atoms with Crippen molar-refractivity contribution in [3.63, 3.8) is 0 Å². The van der Waals surface area contributed by atoms with E-state index in [0.717, 1.165) is 34.9 Å². The maximum absolute atomic E-state index is 12.8. The monoisotopic (exact) mass is 466 g/mol. The first-order valence-corrected chi connectivity index (χ1v) is 12.1. The fourth-order valence-corrected chi connectivity index (χ4v) is 4.62. The highest BCUT2D eigenvalue weighted by Gasteiger charge is 2.27. The van der Waals surface area contributed by atoms with Gasteiger partial charge in [0.05, 0.1) is 6.26 Å². The largest absolute Gasteiger partial charge is 0.459 e. The second-order valence-electron chi connectivity index (χ2n) is 9.16. The number of benzene rings is 2. The summed E-state index contributed by atoms with van der Waals surface area (Å²) in [4.78, 5) is 26.9. The fourth-order valence-electron chi connectivity index (χ4n) is 4.62. The molecule has 3 heterocycles. The second kappa shape index (κ2) is 9.74. The van der Waals surface area contributed by atoms with Gasteiger partial charge in [0.25, 0.3) is 5.91 Å². The molecule has 0 N–H and O–H groups in total. The molecule has 0 saturated carbocycles. The maximum atomic E-state index is 12.8. The summed E-state index contributed by atoms with van der Waals surface area (Å²) in [6, 6.07) is 20.2. The van der Waals surface area contributed by atoms with E-state index < -0.39 is 0 Å². The summed E-state index contributed by atoms with van der Waals surface area (Å²) in [7, 11) is 0. The van der Waals surface area contributed by atoms with Crippen molar-refractivity contribution in [1.29, 1.82) is 0 Å². The molecule has 35 heavy (non-hydrogen) atoms. The molecule has 4 aromatic rings. The lowest BCUT2D eigenvalue weighted by Gasteiger charge is -2.36. The third-order valence-corrected chi connectivity index (χ3v) is 6.69. The summed E-state index contributed by atoms with van der Waals surface area (Å²) in [6.45, 7) is 9.00. The molecular weight excluding hydrogens is 436 g/mol. The van der Waals surface area contributed by atoms with E-state index in [0.29, 0.717) is 31.9 Å². The highest BCUT2D eigenvalue weighted by atomic mass is 16.3. The van der Waals surface area contributed by atoms with Gasteiger partial charge >= 0.3 is 0 Å². The third kappa shape index (κ3) is 4.83. The SMILES string of the molecule is Cc1ccc(C)c(Cc2c(C)nc(-c3ccccc3)nc2N2CCN(C(=O)c3ccco3)CC2)c1. The number of furan rings is 1. The van der Waals surface area contributed by atoms with Crippen molar-refractivity contribution in [2.24, 2.45) is 0 Å². The molecule has 1 aliphatic heterocycles. The molecule has 1 aliphatic rings. The summed E-state index contributed by atoms with van der Waals surface area (Å²) in [5.41, 5.74) is 6.94. The van der Waals surface area contributed by atoms with E-state index in [2.05, 4.69) is 43.9 Å². The Bertz CT molecular complexity index is 1320. The zero-order valence-electron chi connectivity index (χ0n) is 20.5. The number of anilines is 1. The average molecular weight is 467 g/mol. The molecule has 0 atom stereocenters. The van der Waals surface area contributed by atoms with Gasteiger partial charge in [0.1, 0.15) is 5.82 Å². The van der Waals surface area contributed by atoms with Crippen molar-refractivity contribution in [2.45, 2.75) is 27.2 Å². The summed E-state index contributed by atoms with van der Waals surface area (Å²) >= 11 is 0. The average Bonchev–Trinajstić information content (AvgIpc) is 3.42. The lowest BCUT2D eigenvalue weighted by Crippen LogP contribution is -2.49. The van der Waals surface area contributed by atoms with Crippen LogP contribution in [0.3, 0.4) is 0 Å². The van der Waals surface area contributed by atoms with Gasteiger partial charge in [0.15, 0.2) is 11.6 Å². The Morgan fingerprint density at radius 2 is 1.69 bits per heavy atom. The number of hydrogen-bond acceptors (Lipinski definition) is 5. The predicted octanol–water partition coefficient (Wildman–Crippen LogP) is 5.22. The maximum Gasteiger partial charge on any atom is 0.289 e. The molecule has 0 radical (unpaired) electrons. The van der Waals surface area contributed by atoms with E-state index in [9.17, 15) is 4.79 Å². The van der Waals surface area contributed by atoms with Gasteiger partial charge in [0.2, 0.25) is 0 Å². The smallest absolute Gasteiger partial charge is 0.289 e. The van der Waals surface area contributed by atoms with Crippen LogP contribution < -0.4 is 4.90 Å². The van der Waals surface area contributed by atoms with Crippen LogP contribution in [0.25, 0.3) is 11.4 Å². The van der Waals surface area contributed by atoms with Gasteiger partial charge in [0, 0.05) is 49.4 Å². The number of carbonyl (C=O) groups is 1. The molecule has 1 amide bonds. The number of piperazine rings is 1. The Labute approximate surface area is 206 Å². The van der Waals surface area contributed by atoms with Crippen LogP contribution in [-0.2, 0) is 6.42 Å². The minimum atomic E-state index is -0.0610. The molecule has 6 heteroatoms. The molecule has 178 valence electrons. The van der Waals surface area contributed by atoms with Crippen LogP contribution in [0.5, 0.6) is 0 Å². The van der Waals surface area contributed by atoms with Crippen LogP contribution >= 0.6 is 0 Å². The van der Waals surface area contributed by atoms with Crippen molar-refractivity contribution in [3.8, 4) is 11.4 Å². The Hall–Kier alpha value is -3.93. The van der Waals surface area contributed by atoms with Crippen molar-refractivity contribution >= 4 is 11.7 Å². The molecule has 1 fully saturated rings. The molecule has 5 rings (SSSR count). The number of carbonyl (C=O) groups excluding carboxylic acids is 1. The number of aryl methyl sites for hydroxylation is 3. The summed E-state index contributed by atoms with van der Waals surface area (Å²) in [5, 5.41) is 0. The van der Waals surface area contributed by atoms with Gasteiger partial charge in [-0.3, -0.25) is 4.79 Å². The molecule has 6 nitrogen and oxygen atoms in total. The van der Waals surface area contributed by atoms with Gasteiger partial charge in [-0.05, 0) is 44.0 Å². The molecule has 0 unspecified atom stereocenters. The standard InChI is InChI=1S/C29H30N4O2/c1-20-11-12-21(2)24(18-20)19-25-22(3)30-27(23-8-5-4-6-9-23)31-28(25)32-13-15-33(16-14-32)29(34)26-10-7-17-35-26/h4-12,17-18H,13-16,19H2,1-3H3. The van der Waals surface area contributed by atoms with Crippen molar-refractivity contribution in [3.05, 3.63) is 101 Å². The number of amides is 1. The normalized spacial score (nSPS) is 13.8. The zero-order valence-corrected chi connectivity index (χ0v) is 20.5. The Morgan fingerprint density at radius 3 is 2.40 bits per heavy atom. The van der Waals surface area contributed by atoms with Crippen LogP contribution in [0.2, 0.25) is 0 Å². The third-order valence-electron chi connectivity index (χ3n) is 6.69. The number of nitrogens with zero attached hydrogens (tertiary/aromatic N) is 4. The van der Waals surface area contributed by atoms with Gasteiger partial charge < -0.3 is 14.2 Å². The quantitative estimate of drug-likeness (QED) is 0.404. The minimum Gasteiger partial charge on any atom is -0.459 e. The highest BCUT2D eigenvalue weighted by molar-refractivity contribution is 5.91.